The fourth-order valence-electron chi connectivity index (χ4n) is 3.27. The van der Waals surface area contributed by atoms with E-state index in [2.05, 4.69) is 10.3 Å². The minimum absolute atomic E-state index is 0.0116. The molecule has 0 bridgehead atoms. The molecule has 5 nitrogen and oxygen atoms in total. The van der Waals surface area contributed by atoms with Crippen LogP contribution >= 0.6 is 0 Å². The highest BCUT2D eigenvalue weighted by atomic mass is 16.2. The van der Waals surface area contributed by atoms with Gasteiger partial charge >= 0.3 is 0 Å². The Hall–Kier alpha value is -3.73. The third kappa shape index (κ3) is 3.55. The summed E-state index contributed by atoms with van der Waals surface area (Å²) in [6.07, 6.45) is 2.95. The van der Waals surface area contributed by atoms with Gasteiger partial charge in [0.05, 0.1) is 0 Å². The molecule has 0 saturated heterocycles. The summed E-state index contributed by atoms with van der Waals surface area (Å²) in [5.74, 6) is -0.435. The third-order valence-electron chi connectivity index (χ3n) is 4.73. The first-order valence-corrected chi connectivity index (χ1v) is 9.08. The normalized spacial score (nSPS) is 10.9. The lowest BCUT2D eigenvalue weighted by atomic mass is 9.91. The number of carbonyl (C=O) groups is 1. The second-order valence-corrected chi connectivity index (χ2v) is 6.49. The molecule has 0 atom stereocenters. The van der Waals surface area contributed by atoms with E-state index < -0.39 is 5.91 Å². The van der Waals surface area contributed by atoms with E-state index >= 15 is 0 Å². The van der Waals surface area contributed by atoms with Crippen molar-refractivity contribution in [2.24, 2.45) is 0 Å². The molecule has 0 saturated carbocycles. The molecule has 1 amide bonds. The lowest BCUT2D eigenvalue weighted by molar-refractivity contribution is 0.0950. The van der Waals surface area contributed by atoms with Gasteiger partial charge in [-0.25, -0.2) is 4.98 Å². The zero-order valence-corrected chi connectivity index (χ0v) is 15.2. The van der Waals surface area contributed by atoms with Gasteiger partial charge in [-0.3, -0.25) is 14.0 Å². The van der Waals surface area contributed by atoms with Crippen molar-refractivity contribution in [3.05, 3.63) is 118 Å². The van der Waals surface area contributed by atoms with Gasteiger partial charge in [-0.15, -0.1) is 0 Å². The van der Waals surface area contributed by atoms with Crippen molar-refractivity contribution < 1.29 is 4.79 Å². The van der Waals surface area contributed by atoms with Gasteiger partial charge in [0, 0.05) is 24.9 Å². The molecule has 2 aromatic carbocycles. The quantitative estimate of drug-likeness (QED) is 0.587. The van der Waals surface area contributed by atoms with Gasteiger partial charge in [0.1, 0.15) is 11.2 Å². The van der Waals surface area contributed by atoms with Crippen LogP contribution < -0.4 is 10.9 Å². The number of pyridine rings is 1. The summed E-state index contributed by atoms with van der Waals surface area (Å²) in [7, 11) is 0. The summed E-state index contributed by atoms with van der Waals surface area (Å²) >= 11 is 0. The van der Waals surface area contributed by atoms with Gasteiger partial charge in [0.2, 0.25) is 0 Å². The predicted octanol–water partition coefficient (Wildman–Crippen LogP) is 3.26. The van der Waals surface area contributed by atoms with Crippen molar-refractivity contribution >= 4 is 11.6 Å². The summed E-state index contributed by atoms with van der Waals surface area (Å²) in [5.41, 5.74) is 2.36. The van der Waals surface area contributed by atoms with Crippen LogP contribution in [0.3, 0.4) is 0 Å². The maximum Gasteiger partial charge on any atom is 0.270 e. The fraction of sp³-hybridized carbons (Fsp3) is 0.0870. The van der Waals surface area contributed by atoms with Gasteiger partial charge in [0.25, 0.3) is 11.5 Å². The molecular weight excluding hydrogens is 350 g/mol. The molecule has 28 heavy (non-hydrogen) atoms. The van der Waals surface area contributed by atoms with Crippen molar-refractivity contribution in [1.29, 1.82) is 0 Å². The average molecular weight is 369 g/mol. The summed E-state index contributed by atoms with van der Waals surface area (Å²) in [4.78, 5) is 29.5. The highest BCUT2D eigenvalue weighted by molar-refractivity contribution is 5.93. The van der Waals surface area contributed by atoms with Crippen molar-refractivity contribution in [2.45, 2.75) is 5.92 Å². The molecule has 2 heterocycles. The van der Waals surface area contributed by atoms with E-state index in [0.717, 1.165) is 11.1 Å². The molecule has 1 N–H and O–H groups in total. The Morgan fingerprint density at radius 3 is 2.14 bits per heavy atom. The minimum atomic E-state index is -0.424. The Balaban J connectivity index is 1.60. The Bertz CT molecular complexity index is 1120. The number of hydrogen-bond acceptors (Lipinski definition) is 3. The summed E-state index contributed by atoms with van der Waals surface area (Å²) in [6.45, 7) is 0.379. The zero-order chi connectivity index (χ0) is 19.3. The molecule has 0 unspecified atom stereocenters. The van der Waals surface area contributed by atoms with Crippen molar-refractivity contribution in [3.63, 3.8) is 0 Å². The summed E-state index contributed by atoms with van der Waals surface area (Å²) < 4.78 is 1.38. The first kappa shape index (κ1) is 17.7. The van der Waals surface area contributed by atoms with Gasteiger partial charge in [-0.05, 0) is 23.3 Å². The number of carbonyl (C=O) groups excluding carboxylic acids is 1. The summed E-state index contributed by atoms with van der Waals surface area (Å²) in [5, 5.41) is 2.91. The highest BCUT2D eigenvalue weighted by Gasteiger charge is 2.18. The van der Waals surface area contributed by atoms with Crippen LogP contribution in [0.2, 0.25) is 0 Å². The van der Waals surface area contributed by atoms with Crippen molar-refractivity contribution in [2.75, 3.05) is 6.54 Å². The molecule has 0 spiro atoms. The van der Waals surface area contributed by atoms with Crippen molar-refractivity contribution in [3.8, 4) is 0 Å². The monoisotopic (exact) mass is 369 g/mol. The van der Waals surface area contributed by atoms with Crippen molar-refractivity contribution in [1.82, 2.24) is 14.7 Å². The molecule has 5 heteroatoms. The smallest absolute Gasteiger partial charge is 0.270 e. The first-order valence-electron chi connectivity index (χ1n) is 9.08. The molecule has 138 valence electrons. The van der Waals surface area contributed by atoms with Gasteiger partial charge in [-0.2, -0.15) is 0 Å². The number of rotatable bonds is 5. The molecule has 0 fully saturated rings. The number of hydrogen-bond donors (Lipinski definition) is 1. The van der Waals surface area contributed by atoms with Gasteiger partial charge in [-0.1, -0.05) is 66.7 Å². The van der Waals surface area contributed by atoms with Gasteiger partial charge < -0.3 is 5.32 Å². The Kier molecular flexibility index (Phi) is 4.97. The van der Waals surface area contributed by atoms with Crippen LogP contribution in [0.1, 0.15) is 27.4 Å². The predicted molar refractivity (Wildman–Crippen MR) is 109 cm³/mol. The molecule has 0 aliphatic carbocycles. The first-order chi connectivity index (χ1) is 13.7. The van der Waals surface area contributed by atoms with Crippen LogP contribution in [0.5, 0.6) is 0 Å². The topological polar surface area (TPSA) is 63.5 Å². The highest BCUT2D eigenvalue weighted by Crippen LogP contribution is 2.23. The number of nitrogens with one attached hydrogen (secondary N) is 1. The number of nitrogens with zero attached hydrogens (tertiary/aromatic N) is 2. The molecular formula is C23H19N3O2. The Morgan fingerprint density at radius 1 is 0.893 bits per heavy atom. The van der Waals surface area contributed by atoms with Crippen LogP contribution in [0.25, 0.3) is 5.65 Å². The average Bonchev–Trinajstić information content (AvgIpc) is 2.76. The zero-order valence-electron chi connectivity index (χ0n) is 15.2. The number of aromatic nitrogens is 2. The van der Waals surface area contributed by atoms with Crippen LogP contribution in [-0.4, -0.2) is 21.8 Å². The maximum atomic E-state index is 12.7. The molecule has 4 rings (SSSR count). The Morgan fingerprint density at radius 2 is 1.50 bits per heavy atom. The molecule has 2 aromatic heterocycles. The molecule has 4 aromatic rings. The molecule has 0 aliphatic heterocycles. The number of amides is 1. The van der Waals surface area contributed by atoms with E-state index in [1.807, 2.05) is 60.7 Å². The maximum absolute atomic E-state index is 12.7. The van der Waals surface area contributed by atoms with E-state index in [-0.39, 0.29) is 17.0 Å². The second kappa shape index (κ2) is 7.88. The SMILES string of the molecule is O=C(NCC(c1ccccc1)c1ccccc1)c1cnc2ccccn2c1=O. The van der Waals surface area contributed by atoms with E-state index in [9.17, 15) is 9.59 Å². The van der Waals surface area contributed by atoms with E-state index in [4.69, 9.17) is 0 Å². The molecule has 0 radical (unpaired) electrons. The van der Waals surface area contributed by atoms with E-state index in [0.29, 0.717) is 12.2 Å². The summed E-state index contributed by atoms with van der Waals surface area (Å²) in [6, 6.07) is 25.3. The van der Waals surface area contributed by atoms with E-state index in [1.54, 1.807) is 24.4 Å². The van der Waals surface area contributed by atoms with Crippen LogP contribution in [0.4, 0.5) is 0 Å². The number of benzene rings is 2. The molecule has 0 aliphatic rings. The van der Waals surface area contributed by atoms with Crippen LogP contribution in [-0.2, 0) is 0 Å². The standard InChI is InChI=1S/C23H19N3O2/c27-22(20-16-24-21-13-7-8-14-26(21)23(20)28)25-15-19(17-9-3-1-4-10-17)18-11-5-2-6-12-18/h1-14,16,19H,15H2,(H,25,27). The minimum Gasteiger partial charge on any atom is -0.351 e. The fourth-order valence-corrected chi connectivity index (χ4v) is 3.27. The Labute approximate surface area is 162 Å². The van der Waals surface area contributed by atoms with Crippen LogP contribution in [0, 0.1) is 0 Å². The largest absolute Gasteiger partial charge is 0.351 e. The number of fused-ring (bicyclic) bond motifs is 1. The van der Waals surface area contributed by atoms with Gasteiger partial charge in [0.15, 0.2) is 0 Å². The third-order valence-corrected chi connectivity index (χ3v) is 4.73. The van der Waals surface area contributed by atoms with E-state index in [1.165, 1.54) is 10.6 Å². The lowest BCUT2D eigenvalue weighted by Crippen LogP contribution is -2.34. The lowest BCUT2D eigenvalue weighted by Gasteiger charge is -2.18. The van der Waals surface area contributed by atoms with Crippen LogP contribution in [0.15, 0.2) is 96.1 Å². The second-order valence-electron chi connectivity index (χ2n) is 6.49.